The van der Waals surface area contributed by atoms with Crippen LogP contribution in [0.25, 0.3) is 0 Å². The summed E-state index contributed by atoms with van der Waals surface area (Å²) in [6.45, 7) is 2.04. The summed E-state index contributed by atoms with van der Waals surface area (Å²) < 4.78 is 5.98. The molecule has 0 aromatic heterocycles. The molecule has 3 rings (SSSR count). The summed E-state index contributed by atoms with van der Waals surface area (Å²) in [5.74, 6) is -1.08. The molecule has 0 spiro atoms. The van der Waals surface area contributed by atoms with Crippen molar-refractivity contribution < 1.29 is 19.4 Å². The van der Waals surface area contributed by atoms with E-state index in [4.69, 9.17) is 4.74 Å². The van der Waals surface area contributed by atoms with Crippen LogP contribution in [0.2, 0.25) is 0 Å². The van der Waals surface area contributed by atoms with Crippen molar-refractivity contribution in [3.05, 3.63) is 35.9 Å². The van der Waals surface area contributed by atoms with Gasteiger partial charge in [-0.05, 0) is 37.7 Å². The summed E-state index contributed by atoms with van der Waals surface area (Å²) in [7, 11) is 0. The molecule has 1 saturated heterocycles. The normalized spacial score (nSPS) is 24.9. The molecule has 1 heterocycles. The van der Waals surface area contributed by atoms with Gasteiger partial charge in [0.25, 0.3) is 0 Å². The van der Waals surface area contributed by atoms with Gasteiger partial charge in [-0.1, -0.05) is 36.8 Å². The van der Waals surface area contributed by atoms with Crippen LogP contribution in [-0.4, -0.2) is 41.1 Å². The second-order valence-corrected chi connectivity index (χ2v) is 7.22. The Balaban J connectivity index is 1.43. The number of hydrogen-bond donors (Lipinski definition) is 1. The number of benzene rings is 1. The second kappa shape index (κ2) is 8.48. The number of rotatable bonds is 5. The maximum Gasteiger partial charge on any atom is 0.306 e. The monoisotopic (exact) mass is 345 g/mol. The fraction of sp³-hybridized carbons (Fsp3) is 0.600. The van der Waals surface area contributed by atoms with Gasteiger partial charge in [-0.25, -0.2) is 0 Å². The van der Waals surface area contributed by atoms with Crippen LogP contribution in [0, 0.1) is 11.8 Å². The van der Waals surface area contributed by atoms with Crippen LogP contribution < -0.4 is 0 Å². The van der Waals surface area contributed by atoms with Gasteiger partial charge in [-0.2, -0.15) is 0 Å². The molecule has 25 heavy (non-hydrogen) atoms. The Kier molecular flexibility index (Phi) is 6.08. The lowest BCUT2D eigenvalue weighted by atomic mass is 9.80. The molecule has 1 amide bonds. The molecule has 1 saturated carbocycles. The minimum atomic E-state index is -0.759. The molecule has 1 aromatic carbocycles. The smallest absolute Gasteiger partial charge is 0.306 e. The maximum atomic E-state index is 12.7. The molecule has 1 aromatic rings. The van der Waals surface area contributed by atoms with Crippen LogP contribution in [-0.2, 0) is 20.9 Å². The third-order valence-electron chi connectivity index (χ3n) is 5.45. The zero-order chi connectivity index (χ0) is 17.6. The number of amides is 1. The Bertz CT molecular complexity index is 581. The number of nitrogens with zero attached hydrogens (tertiary/aromatic N) is 1. The van der Waals surface area contributed by atoms with Crippen molar-refractivity contribution in [2.24, 2.45) is 11.8 Å². The van der Waals surface area contributed by atoms with E-state index in [1.807, 2.05) is 23.1 Å². The topological polar surface area (TPSA) is 66.8 Å². The molecular formula is C20H27NO4. The first kappa shape index (κ1) is 17.9. The van der Waals surface area contributed by atoms with E-state index in [9.17, 15) is 14.7 Å². The molecule has 136 valence electrons. The minimum absolute atomic E-state index is 0.114. The molecule has 2 fully saturated rings. The van der Waals surface area contributed by atoms with Crippen LogP contribution in [0.15, 0.2) is 30.3 Å². The minimum Gasteiger partial charge on any atom is -0.481 e. The molecule has 0 radical (unpaired) electrons. The number of carbonyl (C=O) groups excluding carboxylic acids is 1. The largest absolute Gasteiger partial charge is 0.481 e. The highest BCUT2D eigenvalue weighted by molar-refractivity contribution is 5.80. The number of carbonyl (C=O) groups is 2. The van der Waals surface area contributed by atoms with E-state index in [-0.39, 0.29) is 23.8 Å². The molecule has 2 unspecified atom stereocenters. The van der Waals surface area contributed by atoms with Crippen molar-refractivity contribution in [3.8, 4) is 0 Å². The SMILES string of the molecule is O=C(O)C1CCCC(C(=O)N2CCC(OCc3ccccc3)CC2)C1. The number of hydrogen-bond acceptors (Lipinski definition) is 3. The van der Waals surface area contributed by atoms with Gasteiger partial charge in [0.05, 0.1) is 18.6 Å². The molecular weight excluding hydrogens is 318 g/mol. The molecule has 2 aliphatic rings. The predicted molar refractivity (Wildman–Crippen MR) is 93.9 cm³/mol. The summed E-state index contributed by atoms with van der Waals surface area (Å²) in [6, 6.07) is 10.1. The van der Waals surface area contributed by atoms with Gasteiger partial charge in [-0.3, -0.25) is 9.59 Å². The van der Waals surface area contributed by atoms with E-state index in [1.165, 1.54) is 5.56 Å². The summed E-state index contributed by atoms with van der Waals surface area (Å²) in [5.41, 5.74) is 1.17. The van der Waals surface area contributed by atoms with Crippen molar-refractivity contribution in [2.45, 2.75) is 51.2 Å². The quantitative estimate of drug-likeness (QED) is 0.890. The van der Waals surface area contributed by atoms with Gasteiger partial charge < -0.3 is 14.7 Å². The fourth-order valence-electron chi connectivity index (χ4n) is 3.93. The van der Waals surface area contributed by atoms with Crippen molar-refractivity contribution >= 4 is 11.9 Å². The first-order valence-corrected chi connectivity index (χ1v) is 9.30. The van der Waals surface area contributed by atoms with E-state index in [0.717, 1.165) is 25.7 Å². The molecule has 0 bridgehead atoms. The predicted octanol–water partition coefficient (Wildman–Crippen LogP) is 3.09. The third-order valence-corrected chi connectivity index (χ3v) is 5.45. The lowest BCUT2D eigenvalue weighted by molar-refractivity contribution is -0.146. The summed E-state index contributed by atoms with van der Waals surface area (Å²) in [4.78, 5) is 25.8. The summed E-state index contributed by atoms with van der Waals surface area (Å²) in [5, 5.41) is 9.19. The number of carboxylic acids is 1. The molecule has 5 nitrogen and oxygen atoms in total. The van der Waals surface area contributed by atoms with Crippen molar-refractivity contribution in [1.82, 2.24) is 4.90 Å². The zero-order valence-corrected chi connectivity index (χ0v) is 14.6. The van der Waals surface area contributed by atoms with Gasteiger partial charge >= 0.3 is 5.97 Å². The Hall–Kier alpha value is -1.88. The van der Waals surface area contributed by atoms with Gasteiger partial charge in [0.2, 0.25) is 5.91 Å². The van der Waals surface area contributed by atoms with Crippen LogP contribution in [0.5, 0.6) is 0 Å². The molecule has 2 atom stereocenters. The number of carboxylic acid groups (broad SMARTS) is 1. The molecule has 1 aliphatic heterocycles. The highest BCUT2D eigenvalue weighted by atomic mass is 16.5. The van der Waals surface area contributed by atoms with Crippen molar-refractivity contribution in [3.63, 3.8) is 0 Å². The van der Waals surface area contributed by atoms with Gasteiger partial charge in [-0.15, -0.1) is 0 Å². The Morgan fingerprint density at radius 1 is 1.04 bits per heavy atom. The fourth-order valence-corrected chi connectivity index (χ4v) is 3.93. The Labute approximate surface area is 149 Å². The Morgan fingerprint density at radius 3 is 2.40 bits per heavy atom. The number of likely N-dealkylation sites (tertiary alicyclic amines) is 1. The van der Waals surface area contributed by atoms with E-state index in [1.54, 1.807) is 0 Å². The highest BCUT2D eigenvalue weighted by Crippen LogP contribution is 2.31. The van der Waals surface area contributed by atoms with Crippen LogP contribution in [0.3, 0.4) is 0 Å². The van der Waals surface area contributed by atoms with E-state index in [2.05, 4.69) is 12.1 Å². The lowest BCUT2D eigenvalue weighted by Crippen LogP contribution is -2.44. The zero-order valence-electron chi connectivity index (χ0n) is 14.6. The lowest BCUT2D eigenvalue weighted by Gasteiger charge is -2.36. The first-order valence-electron chi connectivity index (χ1n) is 9.30. The summed E-state index contributed by atoms with van der Waals surface area (Å²) in [6.07, 6.45) is 4.77. The number of ether oxygens (including phenoxy) is 1. The van der Waals surface area contributed by atoms with E-state index in [0.29, 0.717) is 32.5 Å². The van der Waals surface area contributed by atoms with Crippen molar-refractivity contribution in [2.75, 3.05) is 13.1 Å². The van der Waals surface area contributed by atoms with Crippen LogP contribution in [0.4, 0.5) is 0 Å². The molecule has 1 aliphatic carbocycles. The Morgan fingerprint density at radius 2 is 1.72 bits per heavy atom. The number of aliphatic carboxylic acids is 1. The summed E-state index contributed by atoms with van der Waals surface area (Å²) >= 11 is 0. The standard InChI is InChI=1S/C20H27NO4/c22-19(16-7-4-8-17(13-16)20(23)24)21-11-9-18(10-12-21)25-14-15-5-2-1-3-6-15/h1-3,5-6,16-18H,4,7-14H2,(H,23,24). The van der Waals surface area contributed by atoms with Crippen molar-refractivity contribution in [1.29, 1.82) is 0 Å². The van der Waals surface area contributed by atoms with Gasteiger partial charge in [0.1, 0.15) is 0 Å². The van der Waals surface area contributed by atoms with Crippen LogP contribution in [0.1, 0.15) is 44.1 Å². The molecule has 1 N–H and O–H groups in total. The third kappa shape index (κ3) is 4.82. The van der Waals surface area contributed by atoms with E-state index >= 15 is 0 Å². The average Bonchev–Trinajstić information content (AvgIpc) is 2.67. The average molecular weight is 345 g/mol. The van der Waals surface area contributed by atoms with Gasteiger partial charge in [0.15, 0.2) is 0 Å². The van der Waals surface area contributed by atoms with Crippen LogP contribution >= 0.6 is 0 Å². The second-order valence-electron chi connectivity index (χ2n) is 7.22. The highest BCUT2D eigenvalue weighted by Gasteiger charge is 2.34. The number of piperidine rings is 1. The molecule has 5 heteroatoms. The van der Waals surface area contributed by atoms with Gasteiger partial charge in [0, 0.05) is 19.0 Å². The maximum absolute atomic E-state index is 12.7. The van der Waals surface area contributed by atoms with E-state index < -0.39 is 5.97 Å². The first-order chi connectivity index (χ1) is 12.1.